The summed E-state index contributed by atoms with van der Waals surface area (Å²) in [6, 6.07) is 11.9. The lowest BCUT2D eigenvalue weighted by Crippen LogP contribution is -2.51. The standard InChI is InChI=1S/C26H26ClN3O4/c1-33-19-7-8-20-18(15-19)5-3-2-4-12-34-23-9-6-17(13-21(23)27)14-22(29-24(20)31)25(32)30-26(16-28)10-11-26/h2,4,6-9,13,15,22H,3,5,10-12,14H2,1H3,(H,29,31)(H,30,32)/b4-2-/t22-/m0/s1. The van der Waals surface area contributed by atoms with Crippen LogP contribution in [-0.2, 0) is 17.6 Å². The number of allylic oxidation sites excluding steroid dienone is 1. The minimum atomic E-state index is -0.885. The van der Waals surface area contributed by atoms with E-state index in [9.17, 15) is 14.9 Å². The van der Waals surface area contributed by atoms with E-state index in [0.717, 1.165) is 11.1 Å². The van der Waals surface area contributed by atoms with E-state index in [-0.39, 0.29) is 12.3 Å². The van der Waals surface area contributed by atoms with Gasteiger partial charge in [0, 0.05) is 12.0 Å². The van der Waals surface area contributed by atoms with Gasteiger partial charge in [0.05, 0.1) is 18.2 Å². The number of nitrogens with zero attached hydrogens (tertiary/aromatic N) is 1. The molecule has 1 aliphatic carbocycles. The van der Waals surface area contributed by atoms with Crippen LogP contribution in [0.25, 0.3) is 0 Å². The van der Waals surface area contributed by atoms with Gasteiger partial charge in [-0.2, -0.15) is 5.26 Å². The summed E-state index contributed by atoms with van der Waals surface area (Å²) in [5.74, 6) is 0.440. The van der Waals surface area contributed by atoms with E-state index in [0.29, 0.717) is 54.4 Å². The van der Waals surface area contributed by atoms with Crippen LogP contribution in [0.3, 0.4) is 0 Å². The van der Waals surface area contributed by atoms with Crippen LogP contribution >= 0.6 is 11.6 Å². The fraction of sp³-hybridized carbons (Fsp3) is 0.346. The zero-order valence-corrected chi connectivity index (χ0v) is 19.7. The number of nitriles is 1. The first-order chi connectivity index (χ1) is 16.4. The first kappa shape index (κ1) is 23.7. The van der Waals surface area contributed by atoms with Crippen LogP contribution in [0.1, 0.15) is 40.7 Å². The average Bonchev–Trinajstić information content (AvgIpc) is 3.60. The number of amides is 2. The minimum Gasteiger partial charge on any atom is -0.497 e. The normalized spacial score (nSPS) is 20.1. The van der Waals surface area contributed by atoms with Gasteiger partial charge in [-0.15, -0.1) is 0 Å². The molecule has 1 fully saturated rings. The van der Waals surface area contributed by atoms with Gasteiger partial charge in [-0.3, -0.25) is 9.59 Å². The molecular formula is C26H26ClN3O4. The van der Waals surface area contributed by atoms with Gasteiger partial charge in [0.2, 0.25) is 5.91 Å². The van der Waals surface area contributed by atoms with E-state index in [1.54, 1.807) is 31.4 Å². The first-order valence-electron chi connectivity index (χ1n) is 11.2. The molecular weight excluding hydrogens is 454 g/mol. The van der Waals surface area contributed by atoms with Crippen molar-refractivity contribution in [2.24, 2.45) is 0 Å². The lowest BCUT2D eigenvalue weighted by atomic mass is 9.99. The number of benzene rings is 2. The molecule has 1 atom stereocenters. The molecule has 7 nitrogen and oxygen atoms in total. The molecule has 8 heteroatoms. The monoisotopic (exact) mass is 479 g/mol. The molecule has 0 unspecified atom stereocenters. The number of hydrogen-bond donors (Lipinski definition) is 2. The quantitative estimate of drug-likeness (QED) is 0.653. The number of nitrogens with one attached hydrogen (secondary N) is 2. The van der Waals surface area contributed by atoms with Crippen LogP contribution in [0, 0.1) is 11.3 Å². The number of methoxy groups -OCH3 is 1. The molecule has 2 N–H and O–H groups in total. The lowest BCUT2D eigenvalue weighted by Gasteiger charge is -2.22. The molecule has 2 aromatic rings. The summed E-state index contributed by atoms with van der Waals surface area (Å²) in [6.45, 7) is 0.367. The zero-order valence-electron chi connectivity index (χ0n) is 18.9. The smallest absolute Gasteiger partial charge is 0.252 e. The molecule has 0 spiro atoms. The van der Waals surface area contributed by atoms with E-state index in [1.165, 1.54) is 0 Å². The molecule has 2 amide bonds. The molecule has 34 heavy (non-hydrogen) atoms. The third kappa shape index (κ3) is 5.52. The summed E-state index contributed by atoms with van der Waals surface area (Å²) >= 11 is 6.39. The third-order valence-electron chi connectivity index (χ3n) is 6.02. The van der Waals surface area contributed by atoms with Crippen molar-refractivity contribution in [1.29, 1.82) is 5.26 Å². The number of carbonyl (C=O) groups excluding carboxylic acids is 2. The Balaban J connectivity index is 1.67. The van der Waals surface area contributed by atoms with E-state index in [4.69, 9.17) is 21.1 Å². The molecule has 0 aromatic heterocycles. The Hall–Kier alpha value is -3.50. The predicted molar refractivity (Wildman–Crippen MR) is 128 cm³/mol. The van der Waals surface area contributed by atoms with Gasteiger partial charge >= 0.3 is 0 Å². The Bertz CT molecular complexity index is 1170. The topological polar surface area (TPSA) is 100 Å². The highest BCUT2D eigenvalue weighted by atomic mass is 35.5. The van der Waals surface area contributed by atoms with Crippen molar-refractivity contribution in [2.75, 3.05) is 13.7 Å². The lowest BCUT2D eigenvalue weighted by molar-refractivity contribution is -0.123. The molecule has 2 aliphatic heterocycles. The zero-order chi connectivity index (χ0) is 24.1. The van der Waals surface area contributed by atoms with E-state index in [1.807, 2.05) is 24.3 Å². The maximum absolute atomic E-state index is 13.3. The number of rotatable bonds is 3. The van der Waals surface area contributed by atoms with Crippen molar-refractivity contribution in [2.45, 2.75) is 43.7 Å². The van der Waals surface area contributed by atoms with Crippen LogP contribution in [0.2, 0.25) is 5.02 Å². The number of hydrogen-bond acceptors (Lipinski definition) is 5. The van der Waals surface area contributed by atoms with Gasteiger partial charge in [-0.1, -0.05) is 29.8 Å². The summed E-state index contributed by atoms with van der Waals surface area (Å²) in [4.78, 5) is 26.5. The van der Waals surface area contributed by atoms with E-state index < -0.39 is 17.5 Å². The summed E-state index contributed by atoms with van der Waals surface area (Å²) in [6.07, 6.45) is 6.62. The van der Waals surface area contributed by atoms with Gasteiger partial charge in [0.15, 0.2) is 0 Å². The maximum atomic E-state index is 13.3. The predicted octanol–water partition coefficient (Wildman–Crippen LogP) is 3.74. The van der Waals surface area contributed by atoms with Crippen LogP contribution < -0.4 is 20.1 Å². The maximum Gasteiger partial charge on any atom is 0.252 e. The molecule has 3 aliphatic rings. The first-order valence-corrected chi connectivity index (χ1v) is 11.6. The summed E-state index contributed by atoms with van der Waals surface area (Å²) in [5, 5.41) is 15.5. The number of fused-ring (bicyclic) bond motifs is 9. The fourth-order valence-electron chi connectivity index (χ4n) is 3.87. The Kier molecular flexibility index (Phi) is 7.09. The molecule has 0 saturated heterocycles. The number of carbonyl (C=O) groups is 2. The minimum absolute atomic E-state index is 0.213. The van der Waals surface area contributed by atoms with Crippen molar-refractivity contribution in [3.63, 3.8) is 0 Å². The molecule has 0 radical (unpaired) electrons. The van der Waals surface area contributed by atoms with Crippen LogP contribution in [0.15, 0.2) is 48.6 Å². The third-order valence-corrected chi connectivity index (χ3v) is 6.32. The highest BCUT2D eigenvalue weighted by Crippen LogP contribution is 2.34. The largest absolute Gasteiger partial charge is 0.497 e. The van der Waals surface area contributed by atoms with Crippen molar-refractivity contribution in [3.8, 4) is 17.6 Å². The Morgan fingerprint density at radius 1 is 1.26 bits per heavy atom. The van der Waals surface area contributed by atoms with Gasteiger partial charge in [-0.05, 0) is 67.1 Å². The van der Waals surface area contributed by atoms with E-state index >= 15 is 0 Å². The second-order valence-electron chi connectivity index (χ2n) is 8.52. The Labute approximate surface area is 203 Å². The van der Waals surface area contributed by atoms with Crippen molar-refractivity contribution in [3.05, 3.63) is 70.3 Å². The number of halogens is 1. The second-order valence-corrected chi connectivity index (χ2v) is 8.93. The molecule has 2 heterocycles. The molecule has 176 valence electrons. The van der Waals surface area contributed by atoms with E-state index in [2.05, 4.69) is 16.7 Å². The number of aryl methyl sites for hydroxylation is 1. The highest BCUT2D eigenvalue weighted by Gasteiger charge is 2.45. The van der Waals surface area contributed by atoms with Crippen LogP contribution in [0.5, 0.6) is 11.5 Å². The number of ether oxygens (including phenoxy) is 2. The van der Waals surface area contributed by atoms with Gasteiger partial charge in [-0.25, -0.2) is 0 Å². The Morgan fingerprint density at radius 3 is 2.79 bits per heavy atom. The average molecular weight is 480 g/mol. The fourth-order valence-corrected chi connectivity index (χ4v) is 4.13. The molecule has 2 bridgehead atoms. The molecule has 2 aromatic carbocycles. The molecule has 5 rings (SSSR count). The van der Waals surface area contributed by atoms with Crippen molar-refractivity contribution in [1.82, 2.24) is 10.6 Å². The Morgan fingerprint density at radius 2 is 2.09 bits per heavy atom. The van der Waals surface area contributed by atoms with Crippen LogP contribution in [-0.4, -0.2) is 37.1 Å². The molecule has 1 saturated carbocycles. The van der Waals surface area contributed by atoms with Crippen molar-refractivity contribution < 1.29 is 19.1 Å². The van der Waals surface area contributed by atoms with Gasteiger partial charge in [0.1, 0.15) is 29.7 Å². The SMILES string of the molecule is COc1ccc2c(c1)CC/C=C\COc1ccc(cc1Cl)C[C@@H](C(=O)NC1(C#N)CC1)NC2=O. The summed E-state index contributed by atoms with van der Waals surface area (Å²) < 4.78 is 11.1. The van der Waals surface area contributed by atoms with Crippen molar-refractivity contribution >= 4 is 23.4 Å². The van der Waals surface area contributed by atoms with Crippen LogP contribution in [0.4, 0.5) is 0 Å². The second kappa shape index (κ2) is 10.2. The summed E-state index contributed by atoms with van der Waals surface area (Å²) in [5.41, 5.74) is 1.21. The highest BCUT2D eigenvalue weighted by molar-refractivity contribution is 6.32. The van der Waals surface area contributed by atoms with Gasteiger partial charge < -0.3 is 20.1 Å². The summed E-state index contributed by atoms with van der Waals surface area (Å²) in [7, 11) is 1.58. The van der Waals surface area contributed by atoms with Gasteiger partial charge in [0.25, 0.3) is 5.91 Å².